The maximum absolute atomic E-state index is 11.6. The highest BCUT2D eigenvalue weighted by Crippen LogP contribution is 2.43. The largest absolute Gasteiger partial charge is 0.344 e. The molecule has 0 aliphatic carbocycles. The molecule has 4 heteroatoms. The first-order chi connectivity index (χ1) is 6.45. The molecule has 0 aliphatic heterocycles. The Labute approximate surface area is 89.6 Å². The molecular formula is C10H25O2PSi. The molecule has 0 rings (SSSR count). The molecule has 0 saturated heterocycles. The van der Waals surface area contributed by atoms with E-state index >= 15 is 0 Å². The van der Waals surface area contributed by atoms with Crippen molar-refractivity contribution in [1.29, 1.82) is 0 Å². The van der Waals surface area contributed by atoms with Crippen LogP contribution in [-0.4, -0.2) is 25.3 Å². The second kappa shape index (κ2) is 6.09. The Morgan fingerprint density at radius 2 is 1.50 bits per heavy atom. The van der Waals surface area contributed by atoms with Crippen LogP contribution in [0.15, 0.2) is 0 Å². The molecule has 0 fully saturated rings. The Hall–Kier alpha value is 0.407. The fourth-order valence-electron chi connectivity index (χ4n) is 1.85. The molecule has 0 aromatic carbocycles. The zero-order chi connectivity index (χ0) is 11.2. The van der Waals surface area contributed by atoms with Crippen molar-refractivity contribution in [3.05, 3.63) is 0 Å². The molecule has 2 nitrogen and oxygen atoms in total. The standard InChI is InChI=1S/C10H25O2PSi/c1-5-13(11,12)9-10-14(6-2,7-3)8-4/h5-10H2,1-4H3,(H,11,12). The lowest BCUT2D eigenvalue weighted by atomic mass is 10.9. The third-order valence-corrected chi connectivity index (χ3v) is 11.9. The van der Waals surface area contributed by atoms with Crippen molar-refractivity contribution in [1.82, 2.24) is 0 Å². The van der Waals surface area contributed by atoms with Gasteiger partial charge in [-0.2, -0.15) is 0 Å². The zero-order valence-corrected chi connectivity index (χ0v) is 11.9. The third-order valence-electron chi connectivity index (χ3n) is 3.74. The van der Waals surface area contributed by atoms with Crippen LogP contribution in [0.2, 0.25) is 24.2 Å². The molecular weight excluding hydrogens is 211 g/mol. The fourth-order valence-corrected chi connectivity index (χ4v) is 8.02. The van der Waals surface area contributed by atoms with Gasteiger partial charge in [-0.3, -0.25) is 4.57 Å². The highest BCUT2D eigenvalue weighted by atomic mass is 31.2. The molecule has 0 bridgehead atoms. The van der Waals surface area contributed by atoms with Crippen LogP contribution in [0.4, 0.5) is 0 Å². The lowest BCUT2D eigenvalue weighted by Crippen LogP contribution is -2.32. The smallest absolute Gasteiger partial charge is 0.200 e. The molecule has 0 spiro atoms. The Bertz CT molecular complexity index is 194. The van der Waals surface area contributed by atoms with E-state index in [9.17, 15) is 9.46 Å². The van der Waals surface area contributed by atoms with E-state index < -0.39 is 15.4 Å². The van der Waals surface area contributed by atoms with Gasteiger partial charge in [-0.1, -0.05) is 45.8 Å². The van der Waals surface area contributed by atoms with Crippen molar-refractivity contribution < 1.29 is 9.46 Å². The maximum Gasteiger partial charge on any atom is 0.200 e. The van der Waals surface area contributed by atoms with Crippen molar-refractivity contribution in [3.8, 4) is 0 Å². The van der Waals surface area contributed by atoms with Crippen LogP contribution in [0, 0.1) is 0 Å². The molecule has 0 aromatic heterocycles. The van der Waals surface area contributed by atoms with Crippen molar-refractivity contribution in [3.63, 3.8) is 0 Å². The van der Waals surface area contributed by atoms with Crippen LogP contribution < -0.4 is 0 Å². The number of hydrogen-bond donors (Lipinski definition) is 1. The zero-order valence-electron chi connectivity index (χ0n) is 10.0. The summed E-state index contributed by atoms with van der Waals surface area (Å²) >= 11 is 0. The minimum atomic E-state index is -2.77. The predicted octanol–water partition coefficient (Wildman–Crippen LogP) is 3.79. The SMILES string of the molecule is CC[Si](CC)(CC)CCP(=O)(O)CC. The van der Waals surface area contributed by atoms with E-state index in [0.717, 1.165) is 6.04 Å². The van der Waals surface area contributed by atoms with Gasteiger partial charge in [0.1, 0.15) is 0 Å². The van der Waals surface area contributed by atoms with Gasteiger partial charge in [0.2, 0.25) is 0 Å². The Morgan fingerprint density at radius 3 is 1.79 bits per heavy atom. The van der Waals surface area contributed by atoms with Gasteiger partial charge in [0.05, 0.1) is 8.07 Å². The molecule has 14 heavy (non-hydrogen) atoms. The van der Waals surface area contributed by atoms with Crippen molar-refractivity contribution in [2.75, 3.05) is 12.3 Å². The van der Waals surface area contributed by atoms with Crippen molar-refractivity contribution in [2.24, 2.45) is 0 Å². The van der Waals surface area contributed by atoms with Crippen LogP contribution in [0.1, 0.15) is 27.7 Å². The molecule has 1 atom stereocenters. The van der Waals surface area contributed by atoms with E-state index in [4.69, 9.17) is 0 Å². The first kappa shape index (κ1) is 14.4. The molecule has 1 N–H and O–H groups in total. The molecule has 0 heterocycles. The molecule has 1 unspecified atom stereocenters. The Kier molecular flexibility index (Phi) is 6.27. The average Bonchev–Trinajstić information content (AvgIpc) is 2.21. The van der Waals surface area contributed by atoms with Gasteiger partial charge in [-0.15, -0.1) is 0 Å². The quantitative estimate of drug-likeness (QED) is 0.539. The summed E-state index contributed by atoms with van der Waals surface area (Å²) in [7, 11) is -3.95. The van der Waals surface area contributed by atoms with Gasteiger partial charge in [-0.05, 0) is 6.04 Å². The maximum atomic E-state index is 11.6. The van der Waals surface area contributed by atoms with Crippen molar-refractivity contribution >= 4 is 15.4 Å². The highest BCUT2D eigenvalue weighted by Gasteiger charge is 2.29. The van der Waals surface area contributed by atoms with Gasteiger partial charge in [0.25, 0.3) is 0 Å². The van der Waals surface area contributed by atoms with Crippen molar-refractivity contribution in [2.45, 2.75) is 51.9 Å². The van der Waals surface area contributed by atoms with E-state index in [1.54, 1.807) is 0 Å². The Balaban J connectivity index is 4.26. The minimum Gasteiger partial charge on any atom is -0.344 e. The summed E-state index contributed by atoms with van der Waals surface area (Å²) < 4.78 is 11.6. The number of rotatable bonds is 7. The topological polar surface area (TPSA) is 37.3 Å². The Morgan fingerprint density at radius 1 is 1.07 bits per heavy atom. The third kappa shape index (κ3) is 4.29. The second-order valence-corrected chi connectivity index (χ2v) is 12.6. The lowest BCUT2D eigenvalue weighted by Gasteiger charge is -2.28. The van der Waals surface area contributed by atoms with E-state index in [1.165, 1.54) is 18.1 Å². The monoisotopic (exact) mass is 236 g/mol. The second-order valence-electron chi connectivity index (χ2n) is 4.20. The molecule has 0 amide bonds. The van der Waals surface area contributed by atoms with E-state index in [1.807, 2.05) is 6.92 Å². The number of hydrogen-bond acceptors (Lipinski definition) is 1. The summed E-state index contributed by atoms with van der Waals surface area (Å²) in [5.74, 6) is 0. The van der Waals surface area contributed by atoms with Crippen LogP contribution in [0.25, 0.3) is 0 Å². The van der Waals surface area contributed by atoms with Gasteiger partial charge in [0.15, 0.2) is 7.37 Å². The molecule has 0 saturated carbocycles. The summed E-state index contributed by atoms with van der Waals surface area (Å²) in [6.45, 7) is 8.54. The normalized spacial score (nSPS) is 16.6. The van der Waals surface area contributed by atoms with E-state index in [0.29, 0.717) is 12.3 Å². The minimum absolute atomic E-state index is 0.439. The van der Waals surface area contributed by atoms with Gasteiger partial charge < -0.3 is 4.89 Å². The summed E-state index contributed by atoms with van der Waals surface area (Å²) in [4.78, 5) is 9.55. The fraction of sp³-hybridized carbons (Fsp3) is 1.00. The molecule has 0 radical (unpaired) electrons. The predicted molar refractivity (Wildman–Crippen MR) is 67.2 cm³/mol. The van der Waals surface area contributed by atoms with E-state index in [2.05, 4.69) is 20.8 Å². The van der Waals surface area contributed by atoms with E-state index in [-0.39, 0.29) is 0 Å². The van der Waals surface area contributed by atoms with Crippen LogP contribution in [-0.2, 0) is 4.57 Å². The highest BCUT2D eigenvalue weighted by molar-refractivity contribution is 7.58. The first-order valence-electron chi connectivity index (χ1n) is 5.76. The summed E-state index contributed by atoms with van der Waals surface area (Å²) in [5.41, 5.74) is 0. The van der Waals surface area contributed by atoms with Crippen LogP contribution in [0.5, 0.6) is 0 Å². The summed E-state index contributed by atoms with van der Waals surface area (Å²) in [6, 6.07) is 4.80. The summed E-state index contributed by atoms with van der Waals surface area (Å²) in [5, 5.41) is 0. The molecule has 0 aliphatic rings. The molecule has 0 aromatic rings. The van der Waals surface area contributed by atoms with Crippen LogP contribution >= 0.6 is 7.37 Å². The van der Waals surface area contributed by atoms with Crippen LogP contribution in [0.3, 0.4) is 0 Å². The average molecular weight is 236 g/mol. The lowest BCUT2D eigenvalue weighted by molar-refractivity contribution is 0.480. The van der Waals surface area contributed by atoms with Gasteiger partial charge in [0, 0.05) is 12.3 Å². The first-order valence-corrected chi connectivity index (χ1v) is 10.6. The van der Waals surface area contributed by atoms with Gasteiger partial charge >= 0.3 is 0 Å². The molecule has 86 valence electrons. The van der Waals surface area contributed by atoms with Gasteiger partial charge in [-0.25, -0.2) is 0 Å². The summed E-state index contributed by atoms with van der Waals surface area (Å²) in [6.07, 6.45) is 1.000.